The van der Waals surface area contributed by atoms with Crippen molar-refractivity contribution < 1.29 is 14.3 Å². The molecule has 0 aliphatic heterocycles. The summed E-state index contributed by atoms with van der Waals surface area (Å²) >= 11 is 1.21. The second kappa shape index (κ2) is 8.02. The number of hydrogen-bond acceptors (Lipinski definition) is 6. The Hall–Kier alpha value is -2.86. The number of carbonyl (C=O) groups excluding carboxylic acids is 2. The van der Waals surface area contributed by atoms with Crippen molar-refractivity contribution in [2.45, 2.75) is 33.1 Å². The predicted molar refractivity (Wildman–Crippen MR) is 110 cm³/mol. The summed E-state index contributed by atoms with van der Waals surface area (Å²) in [5.74, 6) is -0.780. The van der Waals surface area contributed by atoms with Gasteiger partial charge in [0.1, 0.15) is 9.88 Å². The van der Waals surface area contributed by atoms with Crippen molar-refractivity contribution in [2.24, 2.45) is 0 Å². The molecule has 28 heavy (non-hydrogen) atoms. The molecule has 3 rings (SSSR count). The summed E-state index contributed by atoms with van der Waals surface area (Å²) in [4.78, 5) is 33.8. The highest BCUT2D eigenvalue weighted by molar-refractivity contribution is 7.17. The fourth-order valence-electron chi connectivity index (χ4n) is 2.62. The Bertz CT molecular complexity index is 987. The number of Topliss-reactive ketones (excluding diaryl/α,β-unsaturated/α-hetero) is 1. The molecule has 0 bridgehead atoms. The van der Waals surface area contributed by atoms with Crippen LogP contribution < -0.4 is 0 Å². The first kappa shape index (κ1) is 19.9. The number of ketones is 1. The van der Waals surface area contributed by atoms with Crippen LogP contribution in [0.25, 0.3) is 10.7 Å². The zero-order valence-electron chi connectivity index (χ0n) is 16.4. The van der Waals surface area contributed by atoms with Crippen molar-refractivity contribution in [1.82, 2.24) is 9.97 Å². The second-order valence-electron chi connectivity index (χ2n) is 7.48. The van der Waals surface area contributed by atoms with E-state index in [0.717, 1.165) is 5.56 Å². The molecular formula is C22H22N2O3S. The molecule has 0 N–H and O–H groups in total. The third-order valence-corrected chi connectivity index (χ3v) is 5.43. The van der Waals surface area contributed by atoms with E-state index < -0.39 is 5.97 Å². The van der Waals surface area contributed by atoms with Gasteiger partial charge < -0.3 is 4.74 Å². The van der Waals surface area contributed by atoms with E-state index in [1.54, 1.807) is 25.3 Å². The molecule has 0 saturated heterocycles. The highest BCUT2D eigenvalue weighted by atomic mass is 32.1. The van der Waals surface area contributed by atoms with Crippen LogP contribution in [0, 0.1) is 6.92 Å². The van der Waals surface area contributed by atoms with E-state index >= 15 is 0 Å². The zero-order valence-corrected chi connectivity index (χ0v) is 17.2. The Morgan fingerprint density at radius 3 is 2.39 bits per heavy atom. The molecular weight excluding hydrogens is 372 g/mol. The number of aryl methyl sites for hydroxylation is 1. The normalized spacial score (nSPS) is 11.3. The Kier molecular flexibility index (Phi) is 5.70. The fourth-order valence-corrected chi connectivity index (χ4v) is 3.56. The number of rotatable bonds is 5. The Morgan fingerprint density at radius 1 is 1.07 bits per heavy atom. The lowest BCUT2D eigenvalue weighted by Gasteiger charge is -2.18. The summed E-state index contributed by atoms with van der Waals surface area (Å²) in [6.45, 7) is 7.78. The van der Waals surface area contributed by atoms with E-state index in [4.69, 9.17) is 4.74 Å². The molecule has 0 fully saturated rings. The standard InChI is InChI=1S/C22H22N2O3S/c1-14-19(28-20(24-14)17-7-5-6-12-23-17)21(26)27-13-18(25)15-8-10-16(11-9-15)22(2,3)4/h5-12H,13H2,1-4H3. The van der Waals surface area contributed by atoms with Gasteiger partial charge >= 0.3 is 5.97 Å². The number of benzene rings is 1. The molecule has 0 unspecified atom stereocenters. The number of nitrogens with zero attached hydrogens (tertiary/aromatic N) is 2. The van der Waals surface area contributed by atoms with Crippen LogP contribution in [0.15, 0.2) is 48.7 Å². The molecule has 2 heterocycles. The van der Waals surface area contributed by atoms with Crippen molar-refractivity contribution in [3.8, 4) is 10.7 Å². The summed E-state index contributed by atoms with van der Waals surface area (Å²) in [5.41, 5.74) is 2.95. The summed E-state index contributed by atoms with van der Waals surface area (Å²) in [6.07, 6.45) is 1.67. The van der Waals surface area contributed by atoms with Crippen LogP contribution >= 0.6 is 11.3 Å². The third-order valence-electron chi connectivity index (χ3n) is 4.27. The maximum Gasteiger partial charge on any atom is 0.350 e. The average molecular weight is 394 g/mol. The van der Waals surface area contributed by atoms with Crippen LogP contribution in [-0.4, -0.2) is 28.3 Å². The first-order valence-corrected chi connectivity index (χ1v) is 9.77. The molecule has 0 spiro atoms. The molecule has 0 atom stereocenters. The topological polar surface area (TPSA) is 69.2 Å². The number of aromatic nitrogens is 2. The number of carbonyl (C=O) groups is 2. The maximum atomic E-state index is 12.4. The van der Waals surface area contributed by atoms with Gasteiger partial charge in [-0.05, 0) is 30.0 Å². The van der Waals surface area contributed by atoms with E-state index in [1.165, 1.54) is 11.3 Å². The van der Waals surface area contributed by atoms with Crippen LogP contribution in [0.1, 0.15) is 52.1 Å². The van der Waals surface area contributed by atoms with E-state index in [-0.39, 0.29) is 17.8 Å². The molecule has 0 radical (unpaired) electrons. The van der Waals surface area contributed by atoms with E-state index in [2.05, 4.69) is 30.7 Å². The number of esters is 1. The van der Waals surface area contributed by atoms with Crippen LogP contribution in [0.3, 0.4) is 0 Å². The van der Waals surface area contributed by atoms with Crippen molar-refractivity contribution >= 4 is 23.1 Å². The number of pyridine rings is 1. The van der Waals surface area contributed by atoms with E-state index in [1.807, 2.05) is 30.3 Å². The van der Waals surface area contributed by atoms with Crippen LogP contribution in [0.2, 0.25) is 0 Å². The minimum atomic E-state index is -0.545. The largest absolute Gasteiger partial charge is 0.453 e. The summed E-state index contributed by atoms with van der Waals surface area (Å²) in [5, 5.41) is 0.647. The van der Waals surface area contributed by atoms with Gasteiger partial charge in [0.2, 0.25) is 0 Å². The second-order valence-corrected chi connectivity index (χ2v) is 8.47. The number of ether oxygens (including phenoxy) is 1. The number of thiazole rings is 1. The quantitative estimate of drug-likeness (QED) is 0.457. The molecule has 0 amide bonds. The monoisotopic (exact) mass is 394 g/mol. The van der Waals surface area contributed by atoms with Gasteiger partial charge in [-0.15, -0.1) is 11.3 Å². The van der Waals surface area contributed by atoms with E-state index in [0.29, 0.717) is 26.8 Å². The molecule has 3 aromatic rings. The van der Waals surface area contributed by atoms with Gasteiger partial charge in [-0.1, -0.05) is 51.1 Å². The molecule has 5 nitrogen and oxygen atoms in total. The van der Waals surface area contributed by atoms with Crippen molar-refractivity contribution in [1.29, 1.82) is 0 Å². The minimum absolute atomic E-state index is 0.0169. The molecule has 0 saturated carbocycles. The Morgan fingerprint density at radius 2 is 1.79 bits per heavy atom. The molecule has 1 aromatic carbocycles. The third kappa shape index (κ3) is 4.51. The first-order valence-electron chi connectivity index (χ1n) is 8.95. The van der Waals surface area contributed by atoms with Crippen molar-refractivity contribution in [3.63, 3.8) is 0 Å². The van der Waals surface area contributed by atoms with Gasteiger partial charge in [-0.25, -0.2) is 9.78 Å². The highest BCUT2D eigenvalue weighted by Crippen LogP contribution is 2.27. The summed E-state index contributed by atoms with van der Waals surface area (Å²) < 4.78 is 5.23. The lowest BCUT2D eigenvalue weighted by atomic mass is 9.86. The van der Waals surface area contributed by atoms with Crippen LogP contribution in [-0.2, 0) is 10.2 Å². The Labute approximate surface area is 168 Å². The molecule has 0 aliphatic rings. The lowest BCUT2D eigenvalue weighted by Crippen LogP contribution is -2.15. The van der Waals surface area contributed by atoms with Crippen molar-refractivity contribution in [2.75, 3.05) is 6.61 Å². The molecule has 2 aromatic heterocycles. The van der Waals surface area contributed by atoms with Gasteiger partial charge in [-0.3, -0.25) is 9.78 Å². The fraction of sp³-hybridized carbons (Fsp3) is 0.273. The van der Waals surface area contributed by atoms with Gasteiger partial charge in [0.05, 0.1) is 11.4 Å². The smallest absolute Gasteiger partial charge is 0.350 e. The molecule has 144 valence electrons. The van der Waals surface area contributed by atoms with Crippen molar-refractivity contribution in [3.05, 3.63) is 70.4 Å². The summed E-state index contributed by atoms with van der Waals surface area (Å²) in [6, 6.07) is 12.9. The molecule has 0 aliphatic carbocycles. The summed E-state index contributed by atoms with van der Waals surface area (Å²) in [7, 11) is 0. The number of hydrogen-bond donors (Lipinski definition) is 0. The minimum Gasteiger partial charge on any atom is -0.453 e. The van der Waals surface area contributed by atoms with Gasteiger partial charge in [-0.2, -0.15) is 0 Å². The molecule has 6 heteroatoms. The van der Waals surface area contributed by atoms with Gasteiger partial charge in [0.25, 0.3) is 0 Å². The lowest BCUT2D eigenvalue weighted by molar-refractivity contribution is 0.0478. The van der Waals surface area contributed by atoms with Gasteiger partial charge in [0.15, 0.2) is 12.4 Å². The SMILES string of the molecule is Cc1nc(-c2ccccn2)sc1C(=O)OCC(=O)c1ccc(C(C)(C)C)cc1. The first-order chi connectivity index (χ1) is 13.3. The van der Waals surface area contributed by atoms with Gasteiger partial charge in [0, 0.05) is 11.8 Å². The average Bonchev–Trinajstić information content (AvgIpc) is 3.08. The van der Waals surface area contributed by atoms with Crippen LogP contribution in [0.4, 0.5) is 0 Å². The van der Waals surface area contributed by atoms with E-state index in [9.17, 15) is 9.59 Å². The zero-order chi connectivity index (χ0) is 20.3. The van der Waals surface area contributed by atoms with Crippen LogP contribution in [0.5, 0.6) is 0 Å². The highest BCUT2D eigenvalue weighted by Gasteiger charge is 2.20. The predicted octanol–water partition coefficient (Wildman–Crippen LogP) is 4.85. The maximum absolute atomic E-state index is 12.4. The Balaban J connectivity index is 1.66.